The Balaban J connectivity index is 1.47. The number of anilines is 1. The van der Waals surface area contributed by atoms with Crippen molar-refractivity contribution in [3.05, 3.63) is 71.3 Å². The van der Waals surface area contributed by atoms with Gasteiger partial charge in [0.1, 0.15) is 0 Å². The molecule has 1 aliphatic rings. The van der Waals surface area contributed by atoms with Crippen molar-refractivity contribution in [2.75, 3.05) is 32.3 Å². The van der Waals surface area contributed by atoms with Crippen LogP contribution in [0.15, 0.2) is 55.1 Å². The quantitative estimate of drug-likeness (QED) is 0.506. The number of hydrogen-bond acceptors (Lipinski definition) is 5. The van der Waals surface area contributed by atoms with Crippen molar-refractivity contribution in [2.24, 2.45) is 0 Å². The minimum absolute atomic E-state index is 0.252. The first kappa shape index (κ1) is 20.6. The van der Waals surface area contributed by atoms with Gasteiger partial charge in [0, 0.05) is 69.4 Å². The predicted molar refractivity (Wildman–Crippen MR) is 119 cm³/mol. The molecule has 0 bridgehead atoms. The van der Waals surface area contributed by atoms with Crippen LogP contribution in [0.4, 0.5) is 5.69 Å². The van der Waals surface area contributed by atoms with Crippen molar-refractivity contribution in [3.8, 4) is 11.5 Å². The lowest BCUT2D eigenvalue weighted by atomic mass is 10.1. The number of ether oxygens (including phenoxy) is 2. The summed E-state index contributed by atoms with van der Waals surface area (Å²) >= 11 is 6.55. The van der Waals surface area contributed by atoms with Crippen molar-refractivity contribution >= 4 is 17.3 Å². The molecule has 1 aromatic heterocycles. The lowest BCUT2D eigenvalue weighted by Crippen LogP contribution is -2.25. The average molecular weight is 427 g/mol. The topological polar surface area (TPSA) is 42.8 Å². The zero-order valence-corrected chi connectivity index (χ0v) is 18.2. The van der Waals surface area contributed by atoms with E-state index in [0.717, 1.165) is 49.7 Å². The highest BCUT2D eigenvalue weighted by molar-refractivity contribution is 6.31. The molecule has 158 valence electrons. The smallest absolute Gasteiger partial charge is 0.231 e. The minimum atomic E-state index is 0.252. The molecule has 0 saturated heterocycles. The molecule has 0 N–H and O–H groups in total. The van der Waals surface area contributed by atoms with Crippen LogP contribution in [0, 0.1) is 0 Å². The third-order valence-electron chi connectivity index (χ3n) is 5.24. The van der Waals surface area contributed by atoms with Crippen LogP contribution < -0.4 is 14.4 Å². The minimum Gasteiger partial charge on any atom is -0.454 e. The molecule has 30 heavy (non-hydrogen) atoms. The third kappa shape index (κ3) is 5.07. The predicted octanol–water partition coefficient (Wildman–Crippen LogP) is 4.42. The largest absolute Gasteiger partial charge is 0.454 e. The van der Waals surface area contributed by atoms with Crippen LogP contribution in [0.3, 0.4) is 0 Å². The maximum atomic E-state index is 6.55. The van der Waals surface area contributed by atoms with Crippen molar-refractivity contribution in [1.82, 2.24) is 14.5 Å². The molecule has 4 rings (SSSR count). The van der Waals surface area contributed by atoms with E-state index in [-0.39, 0.29) is 6.79 Å². The number of hydrogen-bond donors (Lipinski definition) is 0. The van der Waals surface area contributed by atoms with Gasteiger partial charge in [-0.3, -0.25) is 4.90 Å². The molecule has 0 fully saturated rings. The first-order chi connectivity index (χ1) is 14.6. The molecule has 2 heterocycles. The molecule has 0 radical (unpaired) electrons. The molecule has 1 aliphatic heterocycles. The zero-order valence-electron chi connectivity index (χ0n) is 17.4. The summed E-state index contributed by atoms with van der Waals surface area (Å²) in [5, 5.41) is 0.710. The Bertz CT molecular complexity index is 958. The van der Waals surface area contributed by atoms with Gasteiger partial charge >= 0.3 is 0 Å². The molecule has 3 aromatic rings. The van der Waals surface area contributed by atoms with Gasteiger partial charge in [0.05, 0.1) is 6.33 Å². The molecule has 6 nitrogen and oxygen atoms in total. The number of nitrogens with zero attached hydrogens (tertiary/aromatic N) is 4. The molecule has 0 aliphatic carbocycles. The van der Waals surface area contributed by atoms with Gasteiger partial charge in [-0.1, -0.05) is 23.7 Å². The fourth-order valence-electron chi connectivity index (χ4n) is 3.59. The Morgan fingerprint density at radius 2 is 1.83 bits per heavy atom. The van der Waals surface area contributed by atoms with Crippen LogP contribution in [0.2, 0.25) is 5.02 Å². The number of imidazole rings is 1. The summed E-state index contributed by atoms with van der Waals surface area (Å²) in [6, 6.07) is 12.6. The molecule has 0 unspecified atom stereocenters. The second kappa shape index (κ2) is 9.41. The van der Waals surface area contributed by atoms with E-state index in [1.165, 1.54) is 11.3 Å². The first-order valence-electron chi connectivity index (χ1n) is 10.1. The Morgan fingerprint density at radius 3 is 2.53 bits per heavy atom. The lowest BCUT2D eigenvalue weighted by molar-refractivity contribution is 0.174. The van der Waals surface area contributed by atoms with Crippen molar-refractivity contribution in [1.29, 1.82) is 0 Å². The summed E-state index contributed by atoms with van der Waals surface area (Å²) in [5.74, 6) is 1.48. The van der Waals surface area contributed by atoms with E-state index in [9.17, 15) is 0 Å². The van der Waals surface area contributed by atoms with Gasteiger partial charge in [0.25, 0.3) is 0 Å². The van der Waals surface area contributed by atoms with Crippen molar-refractivity contribution in [3.63, 3.8) is 0 Å². The van der Waals surface area contributed by atoms with Crippen LogP contribution in [0.5, 0.6) is 11.5 Å². The van der Waals surface area contributed by atoms with E-state index in [4.69, 9.17) is 21.1 Å². The van der Waals surface area contributed by atoms with Crippen LogP contribution >= 0.6 is 11.6 Å². The number of halogens is 1. The Kier molecular flexibility index (Phi) is 6.45. The number of fused-ring (bicyclic) bond motifs is 1. The van der Waals surface area contributed by atoms with Crippen LogP contribution in [-0.2, 0) is 19.6 Å². The molecule has 0 spiro atoms. The molecule has 0 amide bonds. The summed E-state index contributed by atoms with van der Waals surface area (Å²) in [6.45, 7) is 3.72. The Hall–Kier alpha value is -2.70. The second-order valence-corrected chi connectivity index (χ2v) is 8.13. The second-order valence-electron chi connectivity index (χ2n) is 7.72. The molecule has 0 saturated carbocycles. The van der Waals surface area contributed by atoms with Crippen molar-refractivity contribution < 1.29 is 9.47 Å². The normalized spacial score (nSPS) is 12.5. The molecule has 0 atom stereocenters. The van der Waals surface area contributed by atoms with Crippen molar-refractivity contribution in [2.45, 2.75) is 26.1 Å². The molecular formula is C23H27ClN4O2. The first-order valence-corrected chi connectivity index (χ1v) is 10.5. The lowest BCUT2D eigenvalue weighted by Gasteiger charge is -2.24. The highest BCUT2D eigenvalue weighted by Crippen LogP contribution is 2.37. The van der Waals surface area contributed by atoms with E-state index < -0.39 is 0 Å². The highest BCUT2D eigenvalue weighted by Gasteiger charge is 2.18. The van der Waals surface area contributed by atoms with Gasteiger partial charge in [-0.15, -0.1) is 0 Å². The number of aryl methyl sites for hydroxylation is 1. The van der Waals surface area contributed by atoms with Gasteiger partial charge < -0.3 is 18.9 Å². The third-order valence-corrected chi connectivity index (χ3v) is 5.60. The van der Waals surface area contributed by atoms with Crippen LogP contribution in [0.25, 0.3) is 0 Å². The standard InChI is InChI=1S/C23H27ClN4O2/c1-26(2)20-6-4-18(5-7-20)14-28(10-3-9-27-11-8-25-16-27)15-19-12-22-23(13-21(19)24)30-17-29-22/h4-8,11-13,16H,3,9-10,14-15,17H2,1-2H3. The van der Waals surface area contributed by atoms with E-state index in [2.05, 4.69) is 57.7 Å². The van der Waals surface area contributed by atoms with E-state index in [1.54, 1.807) is 0 Å². The maximum Gasteiger partial charge on any atom is 0.231 e. The Morgan fingerprint density at radius 1 is 1.07 bits per heavy atom. The zero-order chi connectivity index (χ0) is 20.9. The SMILES string of the molecule is CN(C)c1ccc(CN(CCCn2ccnc2)Cc2cc3c(cc2Cl)OCO3)cc1. The fraction of sp³-hybridized carbons (Fsp3) is 0.348. The molecule has 2 aromatic carbocycles. The number of aromatic nitrogens is 2. The van der Waals surface area contributed by atoms with Crippen LogP contribution in [0.1, 0.15) is 17.5 Å². The summed E-state index contributed by atoms with van der Waals surface area (Å²) in [7, 11) is 4.11. The highest BCUT2D eigenvalue weighted by atomic mass is 35.5. The van der Waals surface area contributed by atoms with Gasteiger partial charge in [0.2, 0.25) is 6.79 Å². The average Bonchev–Trinajstić information content (AvgIpc) is 3.40. The summed E-state index contributed by atoms with van der Waals surface area (Å²) in [6.07, 6.45) is 6.70. The molecule has 7 heteroatoms. The summed E-state index contributed by atoms with van der Waals surface area (Å²) < 4.78 is 13.1. The monoisotopic (exact) mass is 426 g/mol. The molecular weight excluding hydrogens is 400 g/mol. The van der Waals surface area contributed by atoms with Gasteiger partial charge in [-0.05, 0) is 35.7 Å². The summed E-state index contributed by atoms with van der Waals surface area (Å²) in [5.41, 5.74) is 3.53. The number of rotatable bonds is 9. The van der Waals surface area contributed by atoms with Crippen LogP contribution in [-0.4, -0.2) is 41.9 Å². The number of benzene rings is 2. The Labute approximate surface area is 182 Å². The van der Waals surface area contributed by atoms with Gasteiger partial charge in [0.15, 0.2) is 11.5 Å². The van der Waals surface area contributed by atoms with E-state index in [1.807, 2.05) is 30.9 Å². The summed E-state index contributed by atoms with van der Waals surface area (Å²) in [4.78, 5) is 8.66. The van der Waals surface area contributed by atoms with E-state index in [0.29, 0.717) is 5.02 Å². The van der Waals surface area contributed by atoms with E-state index >= 15 is 0 Å². The maximum absolute atomic E-state index is 6.55. The fourth-order valence-corrected chi connectivity index (χ4v) is 3.80. The van der Waals surface area contributed by atoms with Gasteiger partial charge in [-0.2, -0.15) is 0 Å². The van der Waals surface area contributed by atoms with Gasteiger partial charge in [-0.25, -0.2) is 4.98 Å².